The molecule has 2 unspecified atom stereocenters. The summed E-state index contributed by atoms with van der Waals surface area (Å²) in [4.78, 5) is 2.47. The molecule has 3 heterocycles. The molecule has 1 aromatic carbocycles. The molecule has 5 heteroatoms. The molecule has 1 aliphatic rings. The van der Waals surface area contributed by atoms with Crippen LogP contribution in [0.4, 0.5) is 0 Å². The van der Waals surface area contributed by atoms with E-state index in [1.54, 1.807) is 12.5 Å². The van der Waals surface area contributed by atoms with E-state index < -0.39 is 6.10 Å². The first kappa shape index (κ1) is 16.1. The zero-order valence-electron chi connectivity index (χ0n) is 14.2. The van der Waals surface area contributed by atoms with Gasteiger partial charge in [-0.25, -0.2) is 4.68 Å². The first-order valence-electron chi connectivity index (χ1n) is 8.84. The van der Waals surface area contributed by atoms with E-state index in [0.29, 0.717) is 11.8 Å². The van der Waals surface area contributed by atoms with Crippen LogP contribution in [0.1, 0.15) is 36.7 Å². The third-order valence-corrected chi connectivity index (χ3v) is 4.96. The van der Waals surface area contributed by atoms with Gasteiger partial charge in [0.2, 0.25) is 0 Å². The summed E-state index contributed by atoms with van der Waals surface area (Å²) in [7, 11) is 0. The number of rotatable bonds is 6. The van der Waals surface area contributed by atoms with Crippen LogP contribution < -0.4 is 0 Å². The molecule has 130 valence electrons. The molecule has 0 saturated carbocycles. The molecule has 5 nitrogen and oxygen atoms in total. The Kier molecular flexibility index (Phi) is 4.68. The maximum atomic E-state index is 10.4. The van der Waals surface area contributed by atoms with E-state index in [2.05, 4.69) is 34.3 Å². The van der Waals surface area contributed by atoms with Gasteiger partial charge in [-0.05, 0) is 61.7 Å². The van der Waals surface area contributed by atoms with E-state index in [4.69, 9.17) is 4.42 Å². The van der Waals surface area contributed by atoms with Gasteiger partial charge in [0.25, 0.3) is 0 Å². The summed E-state index contributed by atoms with van der Waals surface area (Å²) < 4.78 is 7.19. The van der Waals surface area contributed by atoms with Crippen molar-refractivity contribution in [3.63, 3.8) is 0 Å². The van der Waals surface area contributed by atoms with Crippen molar-refractivity contribution in [2.45, 2.75) is 38.0 Å². The lowest BCUT2D eigenvalue weighted by atomic mass is 10.0. The molecule has 4 rings (SSSR count). The number of aliphatic hydroxyl groups is 1. The van der Waals surface area contributed by atoms with Crippen LogP contribution in [0, 0.1) is 0 Å². The molecule has 0 spiro atoms. The Morgan fingerprint density at radius 3 is 2.80 bits per heavy atom. The predicted octanol–water partition coefficient (Wildman–Crippen LogP) is 3.55. The van der Waals surface area contributed by atoms with Crippen LogP contribution in [0.2, 0.25) is 0 Å². The Morgan fingerprint density at radius 2 is 2.08 bits per heavy atom. The first-order valence-corrected chi connectivity index (χ1v) is 8.84. The number of hydrogen-bond acceptors (Lipinski definition) is 4. The fourth-order valence-electron chi connectivity index (χ4n) is 3.64. The smallest absolute Gasteiger partial charge is 0.132 e. The van der Waals surface area contributed by atoms with Crippen molar-refractivity contribution < 1.29 is 9.52 Å². The summed E-state index contributed by atoms with van der Waals surface area (Å²) in [5, 5.41) is 14.6. The highest BCUT2D eigenvalue weighted by Gasteiger charge is 2.27. The number of nitrogens with zero attached hydrogens (tertiary/aromatic N) is 3. The van der Waals surface area contributed by atoms with Crippen LogP contribution in [0.5, 0.6) is 0 Å². The van der Waals surface area contributed by atoms with Crippen LogP contribution in [0.15, 0.2) is 65.5 Å². The monoisotopic (exact) mass is 337 g/mol. The lowest BCUT2D eigenvalue weighted by Crippen LogP contribution is -2.30. The quantitative estimate of drug-likeness (QED) is 0.747. The fraction of sp³-hybridized carbons (Fsp3) is 0.350. The Hall–Kier alpha value is -2.37. The van der Waals surface area contributed by atoms with Crippen LogP contribution in [0.25, 0.3) is 5.69 Å². The summed E-state index contributed by atoms with van der Waals surface area (Å²) in [5.41, 5.74) is 2.36. The SMILES string of the molecule is OC(CC1CCCN1Cc1ccc(-n2cccn2)cc1)c1ccco1. The predicted molar refractivity (Wildman–Crippen MR) is 95.3 cm³/mol. The maximum Gasteiger partial charge on any atom is 0.132 e. The van der Waals surface area contributed by atoms with E-state index in [0.717, 1.165) is 31.6 Å². The minimum atomic E-state index is -0.525. The molecule has 0 bridgehead atoms. The van der Waals surface area contributed by atoms with Crippen molar-refractivity contribution in [3.05, 3.63) is 72.4 Å². The number of hydrogen-bond donors (Lipinski definition) is 1. The third-order valence-electron chi connectivity index (χ3n) is 4.96. The second-order valence-electron chi connectivity index (χ2n) is 6.65. The van der Waals surface area contributed by atoms with Crippen LogP contribution in [0.3, 0.4) is 0 Å². The second-order valence-corrected chi connectivity index (χ2v) is 6.65. The summed E-state index contributed by atoms with van der Waals surface area (Å²) >= 11 is 0. The molecule has 2 aromatic heterocycles. The fourth-order valence-corrected chi connectivity index (χ4v) is 3.64. The summed E-state index contributed by atoms with van der Waals surface area (Å²) in [6, 6.07) is 14.5. The van der Waals surface area contributed by atoms with Crippen molar-refractivity contribution in [1.82, 2.24) is 14.7 Å². The number of aliphatic hydroxyl groups excluding tert-OH is 1. The van der Waals surface area contributed by atoms with Gasteiger partial charge in [0.05, 0.1) is 12.0 Å². The molecule has 1 N–H and O–H groups in total. The molecule has 1 aliphatic heterocycles. The molecule has 1 fully saturated rings. The summed E-state index contributed by atoms with van der Waals surface area (Å²) in [6.45, 7) is 1.99. The third kappa shape index (κ3) is 3.67. The molecule has 3 aromatic rings. The maximum absolute atomic E-state index is 10.4. The van der Waals surface area contributed by atoms with E-state index in [9.17, 15) is 5.11 Å². The van der Waals surface area contributed by atoms with Crippen molar-refractivity contribution >= 4 is 0 Å². The van der Waals surface area contributed by atoms with Gasteiger partial charge in [0.15, 0.2) is 0 Å². The molecule has 2 atom stereocenters. The molecular formula is C20H23N3O2. The lowest BCUT2D eigenvalue weighted by Gasteiger charge is -2.26. The number of aromatic nitrogens is 2. The van der Waals surface area contributed by atoms with Gasteiger partial charge >= 0.3 is 0 Å². The van der Waals surface area contributed by atoms with E-state index >= 15 is 0 Å². The largest absolute Gasteiger partial charge is 0.467 e. The Balaban J connectivity index is 1.39. The van der Waals surface area contributed by atoms with Crippen molar-refractivity contribution in [3.8, 4) is 5.69 Å². The molecule has 25 heavy (non-hydrogen) atoms. The topological polar surface area (TPSA) is 54.4 Å². The van der Waals surface area contributed by atoms with Gasteiger partial charge in [-0.1, -0.05) is 12.1 Å². The van der Waals surface area contributed by atoms with E-state index in [-0.39, 0.29) is 0 Å². The Bertz CT molecular complexity index is 766. The summed E-state index contributed by atoms with van der Waals surface area (Å²) in [5.74, 6) is 0.662. The highest BCUT2D eigenvalue weighted by atomic mass is 16.4. The van der Waals surface area contributed by atoms with Gasteiger partial charge in [-0.15, -0.1) is 0 Å². The second kappa shape index (κ2) is 7.25. The number of furan rings is 1. The normalized spacial score (nSPS) is 19.3. The van der Waals surface area contributed by atoms with Crippen LogP contribution in [-0.4, -0.2) is 32.4 Å². The molecule has 0 radical (unpaired) electrons. The zero-order valence-corrected chi connectivity index (χ0v) is 14.2. The number of benzene rings is 1. The minimum absolute atomic E-state index is 0.394. The standard InChI is InChI=1S/C20H23N3O2/c24-19(20-5-2-13-25-20)14-18-4-1-11-22(18)15-16-6-8-17(9-7-16)23-12-3-10-21-23/h2-3,5-10,12-13,18-19,24H,1,4,11,14-15H2. The molecule has 0 amide bonds. The van der Waals surface area contributed by atoms with Gasteiger partial charge in [0, 0.05) is 25.0 Å². The molecular weight excluding hydrogens is 314 g/mol. The molecule has 0 aliphatic carbocycles. The van der Waals surface area contributed by atoms with Crippen molar-refractivity contribution in [1.29, 1.82) is 0 Å². The first-order chi connectivity index (χ1) is 12.3. The average molecular weight is 337 g/mol. The van der Waals surface area contributed by atoms with Crippen molar-refractivity contribution in [2.24, 2.45) is 0 Å². The molecule has 1 saturated heterocycles. The zero-order chi connectivity index (χ0) is 17.1. The van der Waals surface area contributed by atoms with Gasteiger partial charge in [-0.3, -0.25) is 4.90 Å². The van der Waals surface area contributed by atoms with Gasteiger partial charge < -0.3 is 9.52 Å². The van der Waals surface area contributed by atoms with E-state index in [1.807, 2.05) is 29.1 Å². The lowest BCUT2D eigenvalue weighted by molar-refractivity contribution is 0.0995. The van der Waals surface area contributed by atoms with Crippen molar-refractivity contribution in [2.75, 3.05) is 6.54 Å². The highest BCUT2D eigenvalue weighted by Crippen LogP contribution is 2.28. The number of likely N-dealkylation sites (tertiary alicyclic amines) is 1. The van der Waals surface area contributed by atoms with Crippen LogP contribution >= 0.6 is 0 Å². The van der Waals surface area contributed by atoms with Gasteiger partial charge in [0.1, 0.15) is 11.9 Å². The minimum Gasteiger partial charge on any atom is -0.467 e. The Labute approximate surface area is 147 Å². The van der Waals surface area contributed by atoms with Crippen LogP contribution in [-0.2, 0) is 6.54 Å². The average Bonchev–Trinajstić information content (AvgIpc) is 3.39. The van der Waals surface area contributed by atoms with E-state index in [1.165, 1.54) is 12.0 Å². The Morgan fingerprint density at radius 1 is 1.20 bits per heavy atom. The summed E-state index contributed by atoms with van der Waals surface area (Å²) in [6.07, 6.45) is 7.85. The van der Waals surface area contributed by atoms with Gasteiger partial charge in [-0.2, -0.15) is 5.10 Å². The highest BCUT2D eigenvalue weighted by molar-refractivity contribution is 5.33.